The van der Waals surface area contributed by atoms with Gasteiger partial charge in [-0.25, -0.2) is 0 Å². The van der Waals surface area contributed by atoms with E-state index in [1.165, 1.54) is 0 Å². The number of rotatable bonds is 10. The van der Waals surface area contributed by atoms with Gasteiger partial charge in [-0.05, 0) is 35.2 Å². The Kier molecular flexibility index (Phi) is 8.68. The first kappa shape index (κ1) is 26.1. The van der Waals surface area contributed by atoms with Gasteiger partial charge < -0.3 is 14.0 Å². The third-order valence-corrected chi connectivity index (χ3v) is 7.72. The normalized spacial score (nSPS) is 14.8. The number of halogens is 2. The molecule has 1 fully saturated rings. The number of aromatic nitrogens is 2. The minimum atomic E-state index is -0.192. The maximum Gasteiger partial charge on any atom is 0.202 e. The van der Waals surface area contributed by atoms with Gasteiger partial charge in [-0.15, -0.1) is 0 Å². The van der Waals surface area contributed by atoms with E-state index in [0.717, 1.165) is 51.1 Å². The molecular formula is C30H30BCl2N2O2. The fourth-order valence-electron chi connectivity index (χ4n) is 5.04. The molecule has 1 atom stereocenters. The van der Waals surface area contributed by atoms with Crippen LogP contribution in [0.4, 0.5) is 0 Å². The number of imidazole rings is 1. The first-order valence-electron chi connectivity index (χ1n) is 12.8. The van der Waals surface area contributed by atoms with Crippen molar-refractivity contribution in [3.63, 3.8) is 0 Å². The van der Waals surface area contributed by atoms with E-state index in [-0.39, 0.29) is 18.1 Å². The molecule has 5 rings (SSSR count). The number of benzene rings is 3. The molecule has 0 saturated carbocycles. The van der Waals surface area contributed by atoms with Crippen molar-refractivity contribution >= 4 is 36.2 Å². The van der Waals surface area contributed by atoms with Gasteiger partial charge in [-0.3, -0.25) is 4.98 Å². The highest BCUT2D eigenvalue weighted by atomic mass is 35.5. The molecule has 37 heavy (non-hydrogen) atoms. The summed E-state index contributed by atoms with van der Waals surface area (Å²) in [5, 5.41) is 1.46. The molecule has 2 heterocycles. The number of hydrogen-bond donors (Lipinski definition) is 0. The SMILES string of the molecule is CCC(Cn1c(-c2ccccc2)cnc1[B]CC(c1ccccc1Cl)c1ccccc1Cl)C1OCCO1. The molecule has 1 aromatic heterocycles. The Hall–Kier alpha value is -2.57. The summed E-state index contributed by atoms with van der Waals surface area (Å²) < 4.78 is 14.1. The molecule has 0 bridgehead atoms. The lowest BCUT2D eigenvalue weighted by Gasteiger charge is -2.24. The second-order valence-electron chi connectivity index (χ2n) is 9.29. The molecule has 0 spiro atoms. The topological polar surface area (TPSA) is 36.3 Å². The maximum absolute atomic E-state index is 6.67. The van der Waals surface area contributed by atoms with Crippen LogP contribution in [0, 0.1) is 5.92 Å². The third-order valence-electron chi connectivity index (χ3n) is 7.03. The van der Waals surface area contributed by atoms with Gasteiger partial charge >= 0.3 is 0 Å². The Morgan fingerprint density at radius 2 is 1.49 bits per heavy atom. The van der Waals surface area contributed by atoms with Crippen LogP contribution in [-0.2, 0) is 16.0 Å². The highest BCUT2D eigenvalue weighted by molar-refractivity contribution is 6.51. The zero-order chi connectivity index (χ0) is 25.6. The summed E-state index contributed by atoms with van der Waals surface area (Å²) in [6.45, 7) is 4.23. The predicted octanol–water partition coefficient (Wildman–Crippen LogP) is 6.84. The number of hydrogen-bond acceptors (Lipinski definition) is 3. The molecule has 1 unspecified atom stereocenters. The minimum Gasteiger partial charge on any atom is -0.350 e. The smallest absolute Gasteiger partial charge is 0.202 e. The van der Waals surface area contributed by atoms with E-state index in [9.17, 15) is 0 Å². The van der Waals surface area contributed by atoms with Crippen molar-refractivity contribution in [2.75, 3.05) is 13.2 Å². The van der Waals surface area contributed by atoms with E-state index in [1.54, 1.807) is 0 Å². The molecule has 0 amide bonds. The van der Waals surface area contributed by atoms with E-state index in [0.29, 0.717) is 19.5 Å². The van der Waals surface area contributed by atoms with Crippen molar-refractivity contribution < 1.29 is 9.47 Å². The average molecular weight is 532 g/mol. The highest BCUT2D eigenvalue weighted by Gasteiger charge is 2.28. The lowest BCUT2D eigenvalue weighted by Crippen LogP contribution is -2.34. The van der Waals surface area contributed by atoms with Gasteiger partial charge in [0, 0.05) is 28.4 Å². The minimum absolute atomic E-state index is 0.00352. The largest absolute Gasteiger partial charge is 0.350 e. The van der Waals surface area contributed by atoms with Crippen LogP contribution in [0.2, 0.25) is 16.4 Å². The summed E-state index contributed by atoms with van der Waals surface area (Å²) in [7, 11) is 2.20. The molecule has 189 valence electrons. The molecule has 1 aliphatic heterocycles. The van der Waals surface area contributed by atoms with Crippen molar-refractivity contribution in [3.05, 3.63) is 106 Å². The highest BCUT2D eigenvalue weighted by Crippen LogP contribution is 2.36. The molecule has 4 nitrogen and oxygen atoms in total. The third kappa shape index (κ3) is 5.96. The van der Waals surface area contributed by atoms with Crippen LogP contribution in [0.1, 0.15) is 30.4 Å². The lowest BCUT2D eigenvalue weighted by atomic mass is 9.65. The predicted molar refractivity (Wildman–Crippen MR) is 152 cm³/mol. The van der Waals surface area contributed by atoms with Crippen LogP contribution in [0.5, 0.6) is 0 Å². The molecule has 7 heteroatoms. The number of nitrogens with zero attached hydrogens (tertiary/aromatic N) is 2. The van der Waals surface area contributed by atoms with Gasteiger partial charge in [0.1, 0.15) is 0 Å². The Morgan fingerprint density at radius 1 is 0.892 bits per heavy atom. The molecule has 0 N–H and O–H groups in total. The maximum atomic E-state index is 6.67. The summed E-state index contributed by atoms with van der Waals surface area (Å²) in [4.78, 5) is 4.87. The molecular weight excluding hydrogens is 502 g/mol. The van der Waals surface area contributed by atoms with Crippen molar-refractivity contribution in [2.24, 2.45) is 5.92 Å². The van der Waals surface area contributed by atoms with Crippen molar-refractivity contribution in [1.29, 1.82) is 0 Å². The van der Waals surface area contributed by atoms with Crippen molar-refractivity contribution in [3.8, 4) is 11.3 Å². The Bertz CT molecular complexity index is 1260. The molecule has 3 aromatic carbocycles. The fraction of sp³-hybridized carbons (Fsp3) is 0.300. The van der Waals surface area contributed by atoms with E-state index >= 15 is 0 Å². The molecule has 4 aromatic rings. The number of ether oxygens (including phenoxy) is 2. The monoisotopic (exact) mass is 531 g/mol. The quantitative estimate of drug-likeness (QED) is 0.210. The Labute approximate surface area is 229 Å². The summed E-state index contributed by atoms with van der Waals surface area (Å²) in [6.07, 6.45) is 3.41. The van der Waals surface area contributed by atoms with Gasteiger partial charge in [0.05, 0.1) is 30.8 Å². The van der Waals surface area contributed by atoms with Crippen LogP contribution in [0.25, 0.3) is 11.3 Å². The Balaban J connectivity index is 1.48. The zero-order valence-corrected chi connectivity index (χ0v) is 22.4. The van der Waals surface area contributed by atoms with E-state index in [4.69, 9.17) is 37.7 Å². The van der Waals surface area contributed by atoms with E-state index < -0.39 is 0 Å². The molecule has 0 aliphatic carbocycles. The van der Waals surface area contributed by atoms with E-state index in [1.807, 2.05) is 48.7 Å². The first-order chi connectivity index (χ1) is 18.2. The molecule has 1 saturated heterocycles. The molecule has 1 aliphatic rings. The summed E-state index contributed by atoms with van der Waals surface area (Å²) >= 11 is 13.3. The molecule has 1 radical (unpaired) electrons. The van der Waals surface area contributed by atoms with Gasteiger partial charge in [-0.2, -0.15) is 0 Å². The summed E-state index contributed by atoms with van der Waals surface area (Å²) in [6, 6.07) is 26.4. The Morgan fingerprint density at radius 3 is 2.08 bits per heavy atom. The van der Waals surface area contributed by atoms with Gasteiger partial charge in [-0.1, -0.05) is 103 Å². The fourth-order valence-corrected chi connectivity index (χ4v) is 5.57. The lowest BCUT2D eigenvalue weighted by molar-refractivity contribution is -0.0881. The van der Waals surface area contributed by atoms with Gasteiger partial charge in [0.2, 0.25) is 7.28 Å². The second kappa shape index (κ2) is 12.3. The van der Waals surface area contributed by atoms with Gasteiger partial charge in [0.15, 0.2) is 6.29 Å². The first-order valence-corrected chi connectivity index (χ1v) is 13.6. The van der Waals surface area contributed by atoms with Gasteiger partial charge in [0.25, 0.3) is 0 Å². The summed E-state index contributed by atoms with van der Waals surface area (Å²) in [5.41, 5.74) is 5.23. The average Bonchev–Trinajstić information content (AvgIpc) is 3.60. The van der Waals surface area contributed by atoms with Crippen LogP contribution < -0.4 is 5.72 Å². The standard InChI is InChI=1S/C30H30BCl2N2O2/c1-2-21(29-36-16-17-37-29)20-35-28(22-10-4-3-5-11-22)19-34-30(35)31-18-25(23-12-6-8-14-26(23)32)24-13-7-9-15-27(24)33/h3-15,19,21,25,29H,2,16-18,20H2,1H3. The van der Waals surface area contributed by atoms with Crippen LogP contribution >= 0.6 is 23.2 Å². The van der Waals surface area contributed by atoms with E-state index in [2.05, 4.69) is 55.2 Å². The van der Waals surface area contributed by atoms with Crippen molar-refractivity contribution in [1.82, 2.24) is 9.55 Å². The second-order valence-corrected chi connectivity index (χ2v) is 10.1. The van der Waals surface area contributed by atoms with Crippen molar-refractivity contribution in [2.45, 2.75) is 38.4 Å². The van der Waals surface area contributed by atoms with Crippen LogP contribution in [0.15, 0.2) is 85.1 Å². The van der Waals surface area contributed by atoms with Crippen LogP contribution in [-0.4, -0.2) is 36.3 Å². The summed E-state index contributed by atoms with van der Waals surface area (Å²) in [5.74, 6) is 0.213. The zero-order valence-electron chi connectivity index (χ0n) is 20.9. The van der Waals surface area contributed by atoms with Crippen LogP contribution in [0.3, 0.4) is 0 Å².